The highest BCUT2D eigenvalue weighted by molar-refractivity contribution is 6.22. The molecule has 0 amide bonds. The van der Waals surface area contributed by atoms with Gasteiger partial charge in [0, 0.05) is 76.8 Å². The van der Waals surface area contributed by atoms with Gasteiger partial charge in [0.05, 0.1) is 0 Å². The van der Waals surface area contributed by atoms with Gasteiger partial charge in [-0.1, -0.05) is 349 Å². The fraction of sp³-hybridized carbons (Fsp3) is 0.357. The van der Waals surface area contributed by atoms with Crippen LogP contribution in [0.15, 0.2) is 227 Å². The average molecular weight is 1510 g/mol. The number of para-hydroxylation sites is 2. The number of hydrogen-bond acceptors (Lipinski definition) is 3. The highest BCUT2D eigenvalue weighted by atomic mass is 16.3. The van der Waals surface area contributed by atoms with E-state index in [4.69, 9.17) is 8.83 Å². The van der Waals surface area contributed by atoms with Crippen molar-refractivity contribution in [1.29, 1.82) is 0 Å². The first kappa shape index (κ1) is 75.1. The van der Waals surface area contributed by atoms with E-state index in [1.54, 1.807) is 11.1 Å². The van der Waals surface area contributed by atoms with Crippen molar-refractivity contribution in [2.45, 2.75) is 257 Å². The molecule has 0 saturated heterocycles. The van der Waals surface area contributed by atoms with Crippen LogP contribution in [0.3, 0.4) is 0 Å². The van der Waals surface area contributed by atoms with Gasteiger partial charge in [0.1, 0.15) is 22.3 Å². The van der Waals surface area contributed by atoms with E-state index < -0.39 is 0 Å². The van der Waals surface area contributed by atoms with Gasteiger partial charge in [0.2, 0.25) is 0 Å². The third kappa shape index (κ3) is 12.0. The Balaban J connectivity index is 0.746. The Hall–Kier alpha value is -9.96. The van der Waals surface area contributed by atoms with E-state index in [0.29, 0.717) is 0 Å². The molecule has 2 heterocycles. The second kappa shape index (κ2) is 29.6. The molecule has 0 bridgehead atoms. The molecule has 0 spiro atoms. The molecule has 3 heteroatoms. The Bertz CT molecular complexity index is 6090. The molecular weight excluding hydrogens is 1390 g/mol. The lowest BCUT2D eigenvalue weighted by Crippen LogP contribution is -2.26. The number of unbranched alkanes of at least 4 members (excludes halogenated alkanes) is 16. The molecule has 0 unspecified atom stereocenters. The molecule has 582 valence electrons. The summed E-state index contributed by atoms with van der Waals surface area (Å²) in [7, 11) is 0. The minimum absolute atomic E-state index is 0.0271. The summed E-state index contributed by atoms with van der Waals surface area (Å²) in [4.78, 5) is 2.60. The van der Waals surface area contributed by atoms with E-state index in [2.05, 4.69) is 299 Å². The van der Waals surface area contributed by atoms with Crippen LogP contribution in [0.2, 0.25) is 0 Å². The smallest absolute Gasteiger partial charge is 0.144 e. The number of furan rings is 2. The van der Waals surface area contributed by atoms with Crippen LogP contribution in [0, 0.1) is 6.92 Å². The van der Waals surface area contributed by atoms with Gasteiger partial charge in [-0.05, 0) is 228 Å². The van der Waals surface area contributed by atoms with Gasteiger partial charge in [-0.25, -0.2) is 0 Å². The van der Waals surface area contributed by atoms with Crippen LogP contribution >= 0.6 is 0 Å². The molecule has 5 aliphatic carbocycles. The first-order valence-corrected chi connectivity index (χ1v) is 44.9. The van der Waals surface area contributed by atoms with Crippen LogP contribution in [0.25, 0.3) is 122 Å². The van der Waals surface area contributed by atoms with Gasteiger partial charge in [-0.3, -0.25) is 0 Å². The van der Waals surface area contributed by atoms with Gasteiger partial charge < -0.3 is 13.7 Å². The standard InChI is InChI=1S/C112H117NO2/c1-12-16-20-24-36-62-111(63-37-25-21-17-13-2)90-45-33-28-40-79(90)82-58-51-74(67-94(82)111)73-50-57-80-81-59-52-75(68-92(81)108(6,7)91(80)66-73)88-71-96-99(101-86-42-30-34-46-97(86)114-106(88)101)85-61-56-78(70-95(85)112(96,64-38-26-22-18-14-3)65-39-27-23-19-15-4)113(76-53-48-72(5)49-54-76)77-55-60-84-93(69-77)110(10,11)104-100(84)102-87-43-31-35-47-98(87)115-107(102)103-83-41-29-32-44-89(83)109(8,9)105(103)104/h28-35,40-61,66-71H,12-27,36-39,62-65H2,1-11H3. The number of hydrogen-bond donors (Lipinski definition) is 0. The van der Waals surface area contributed by atoms with Crippen molar-refractivity contribution >= 4 is 60.9 Å². The molecule has 3 nitrogen and oxygen atoms in total. The van der Waals surface area contributed by atoms with Crippen molar-refractivity contribution < 1.29 is 8.83 Å². The summed E-state index contributed by atoms with van der Waals surface area (Å²) in [5.74, 6) is 0. The number of nitrogens with zero attached hydrogens (tertiary/aromatic N) is 1. The Morgan fingerprint density at radius 3 is 1.23 bits per heavy atom. The molecule has 2 aromatic heterocycles. The topological polar surface area (TPSA) is 29.5 Å². The summed E-state index contributed by atoms with van der Waals surface area (Å²) < 4.78 is 14.6. The first-order valence-electron chi connectivity index (χ1n) is 44.9. The largest absolute Gasteiger partial charge is 0.455 e. The van der Waals surface area contributed by atoms with Crippen LogP contribution in [-0.2, 0) is 27.1 Å². The molecular formula is C112H117NO2. The maximum absolute atomic E-state index is 7.48. The molecule has 0 radical (unpaired) electrons. The van der Waals surface area contributed by atoms with E-state index in [1.165, 1.54) is 289 Å². The van der Waals surface area contributed by atoms with Crippen molar-refractivity contribution in [1.82, 2.24) is 0 Å². The first-order chi connectivity index (χ1) is 56.1. The van der Waals surface area contributed by atoms with E-state index in [1.807, 2.05) is 0 Å². The summed E-state index contributed by atoms with van der Waals surface area (Å²) >= 11 is 0. The van der Waals surface area contributed by atoms with E-state index in [0.717, 1.165) is 53.7 Å². The Labute approximate surface area is 685 Å². The summed E-state index contributed by atoms with van der Waals surface area (Å²) in [6.07, 6.45) is 29.9. The molecule has 14 aromatic rings. The van der Waals surface area contributed by atoms with Crippen molar-refractivity contribution in [3.05, 3.63) is 280 Å². The SMILES string of the molecule is CCCCCCCC1(CCCCCCC)c2ccccc2-c2ccc(-c3ccc4c(c3)C(C)(C)c3cc(-c5cc6c(c7c5oc5ccccc57)-c5ccc(N(c7ccc(C)cc7)c7ccc8c(c7)C(C)(C)c7c9c(c%10oc%11ccccc%11c%10c7-8)-c7ccccc7C9(C)C)cc5C6(CCCCCCC)CCCCCCC)ccc3-4)cc21. The molecule has 0 saturated carbocycles. The molecule has 0 N–H and O–H groups in total. The quantitative estimate of drug-likeness (QED) is 0.0438. The molecule has 12 aromatic carbocycles. The lowest BCUT2D eigenvalue weighted by Gasteiger charge is -2.35. The van der Waals surface area contributed by atoms with Crippen LogP contribution in [0.1, 0.15) is 285 Å². The third-order valence-electron chi connectivity index (χ3n) is 29.1. The van der Waals surface area contributed by atoms with Gasteiger partial charge >= 0.3 is 0 Å². The van der Waals surface area contributed by atoms with Crippen LogP contribution in [0.4, 0.5) is 17.1 Å². The molecule has 19 rings (SSSR count). The summed E-state index contributed by atoms with van der Waals surface area (Å²) in [5, 5.41) is 4.87. The van der Waals surface area contributed by atoms with Gasteiger partial charge in [0.15, 0.2) is 0 Å². The lowest BCUT2D eigenvalue weighted by molar-refractivity contribution is 0.399. The second-order valence-electron chi connectivity index (χ2n) is 37.2. The number of rotatable bonds is 29. The molecule has 0 atom stereocenters. The van der Waals surface area contributed by atoms with Crippen LogP contribution in [-0.4, -0.2) is 0 Å². The maximum Gasteiger partial charge on any atom is 0.144 e. The van der Waals surface area contributed by atoms with Crippen molar-refractivity contribution in [3.63, 3.8) is 0 Å². The van der Waals surface area contributed by atoms with Crippen molar-refractivity contribution in [3.8, 4) is 77.9 Å². The Morgan fingerprint density at radius 1 is 0.270 bits per heavy atom. The average Bonchev–Trinajstić information content (AvgIpc) is 1.50. The zero-order chi connectivity index (χ0) is 78.7. The normalized spacial score (nSPS) is 15.4. The second-order valence-corrected chi connectivity index (χ2v) is 37.2. The van der Waals surface area contributed by atoms with Gasteiger partial charge in [-0.2, -0.15) is 0 Å². The highest BCUT2D eigenvalue weighted by Crippen LogP contribution is 2.66. The fourth-order valence-corrected chi connectivity index (χ4v) is 23.2. The molecule has 0 aliphatic heterocycles. The van der Waals surface area contributed by atoms with Crippen LogP contribution in [0.5, 0.6) is 0 Å². The number of benzene rings is 12. The molecule has 5 aliphatic rings. The number of aryl methyl sites for hydroxylation is 1. The fourth-order valence-electron chi connectivity index (χ4n) is 23.2. The Morgan fingerprint density at radius 2 is 0.652 bits per heavy atom. The predicted octanol–water partition coefficient (Wildman–Crippen LogP) is 33.5. The van der Waals surface area contributed by atoms with Crippen molar-refractivity contribution in [2.75, 3.05) is 4.90 Å². The van der Waals surface area contributed by atoms with E-state index in [9.17, 15) is 0 Å². The predicted molar refractivity (Wildman–Crippen MR) is 490 cm³/mol. The summed E-state index contributed by atoms with van der Waals surface area (Å²) in [6, 6.07) is 86.2. The zero-order valence-corrected chi connectivity index (χ0v) is 70.5. The van der Waals surface area contributed by atoms with Gasteiger partial charge in [-0.15, -0.1) is 0 Å². The highest BCUT2D eigenvalue weighted by Gasteiger charge is 2.51. The summed E-state index contributed by atoms with van der Waals surface area (Å²) in [6.45, 7) is 26.5. The van der Waals surface area contributed by atoms with E-state index >= 15 is 0 Å². The Kier molecular flexibility index (Phi) is 19.4. The maximum atomic E-state index is 7.48. The minimum atomic E-state index is -0.357. The monoisotopic (exact) mass is 1510 g/mol. The van der Waals surface area contributed by atoms with Gasteiger partial charge in [0.25, 0.3) is 0 Å². The van der Waals surface area contributed by atoms with Crippen LogP contribution < -0.4 is 4.90 Å². The molecule has 0 fully saturated rings. The van der Waals surface area contributed by atoms with E-state index in [-0.39, 0.29) is 27.1 Å². The minimum Gasteiger partial charge on any atom is -0.455 e. The number of fused-ring (bicyclic) bond motifs is 25. The third-order valence-corrected chi connectivity index (χ3v) is 29.1. The number of anilines is 3. The molecule has 115 heavy (non-hydrogen) atoms. The summed E-state index contributed by atoms with van der Waals surface area (Å²) in [5.41, 5.74) is 40.6. The zero-order valence-electron chi connectivity index (χ0n) is 70.5. The lowest BCUT2D eigenvalue weighted by atomic mass is 9.70. The van der Waals surface area contributed by atoms with Crippen molar-refractivity contribution in [2.24, 2.45) is 0 Å².